The lowest BCUT2D eigenvalue weighted by Gasteiger charge is -2.21. The number of nitrogens with zero attached hydrogens (tertiary/aromatic N) is 2. The van der Waals surface area contributed by atoms with Gasteiger partial charge in [-0.1, -0.05) is 41.5 Å². The molecule has 118 valence electrons. The summed E-state index contributed by atoms with van der Waals surface area (Å²) in [6.07, 6.45) is 4.05. The molecule has 1 aromatic rings. The maximum Gasteiger partial charge on any atom is 0.255 e. The van der Waals surface area contributed by atoms with E-state index in [1.807, 2.05) is 13.2 Å². The van der Waals surface area contributed by atoms with Crippen molar-refractivity contribution in [2.75, 3.05) is 0 Å². The van der Waals surface area contributed by atoms with Gasteiger partial charge in [0, 0.05) is 24.7 Å². The summed E-state index contributed by atoms with van der Waals surface area (Å²) in [7, 11) is 1.87. The van der Waals surface area contributed by atoms with Gasteiger partial charge in [-0.25, -0.2) is 0 Å². The van der Waals surface area contributed by atoms with Crippen molar-refractivity contribution in [2.45, 2.75) is 65.8 Å². The Morgan fingerprint density at radius 2 is 2.14 bits per heavy atom. The van der Waals surface area contributed by atoms with Gasteiger partial charge in [0.2, 0.25) is 0 Å². The summed E-state index contributed by atoms with van der Waals surface area (Å²) in [5, 5.41) is 7.71. The van der Waals surface area contributed by atoms with Crippen molar-refractivity contribution in [3.05, 3.63) is 17.5 Å². The van der Waals surface area contributed by atoms with Crippen LogP contribution in [-0.2, 0) is 12.5 Å². The SMILES string of the molecule is CCC1(C(C)C)CC1NC(=O)c1cn(C)nc1C(C)(C)C. The molecule has 2 unspecified atom stereocenters. The highest BCUT2D eigenvalue weighted by molar-refractivity contribution is 5.95. The molecule has 1 heterocycles. The molecule has 21 heavy (non-hydrogen) atoms. The predicted molar refractivity (Wildman–Crippen MR) is 85.3 cm³/mol. The van der Waals surface area contributed by atoms with Gasteiger partial charge in [0.25, 0.3) is 5.91 Å². The minimum Gasteiger partial charge on any atom is -0.349 e. The number of carbonyl (C=O) groups is 1. The molecule has 4 heteroatoms. The largest absolute Gasteiger partial charge is 0.349 e. The zero-order valence-corrected chi connectivity index (χ0v) is 14.4. The van der Waals surface area contributed by atoms with Crippen molar-refractivity contribution in [2.24, 2.45) is 18.4 Å². The number of nitrogens with one attached hydrogen (secondary N) is 1. The van der Waals surface area contributed by atoms with Crippen LogP contribution < -0.4 is 5.32 Å². The summed E-state index contributed by atoms with van der Waals surface area (Å²) in [6, 6.07) is 0.308. The van der Waals surface area contributed by atoms with E-state index in [1.165, 1.54) is 0 Å². The molecule has 0 bridgehead atoms. The number of aromatic nitrogens is 2. The third kappa shape index (κ3) is 2.85. The van der Waals surface area contributed by atoms with E-state index in [9.17, 15) is 4.79 Å². The van der Waals surface area contributed by atoms with Crippen molar-refractivity contribution in [1.29, 1.82) is 0 Å². The first-order valence-electron chi connectivity index (χ1n) is 7.97. The number of hydrogen-bond donors (Lipinski definition) is 1. The molecule has 2 atom stereocenters. The van der Waals surface area contributed by atoms with Crippen LogP contribution in [0.15, 0.2) is 6.20 Å². The molecule has 4 nitrogen and oxygen atoms in total. The monoisotopic (exact) mass is 291 g/mol. The minimum absolute atomic E-state index is 0.0222. The zero-order chi connectivity index (χ0) is 16.0. The quantitative estimate of drug-likeness (QED) is 0.925. The lowest BCUT2D eigenvalue weighted by molar-refractivity contribution is 0.0939. The molecule has 2 rings (SSSR count). The van der Waals surface area contributed by atoms with Gasteiger partial charge in [-0.3, -0.25) is 9.48 Å². The smallest absolute Gasteiger partial charge is 0.255 e. The summed E-state index contributed by atoms with van der Waals surface area (Å²) in [5.41, 5.74) is 1.75. The van der Waals surface area contributed by atoms with Crippen LogP contribution in [0.5, 0.6) is 0 Å². The molecule has 1 N–H and O–H groups in total. The van der Waals surface area contributed by atoms with Crippen molar-refractivity contribution in [1.82, 2.24) is 15.1 Å². The second-order valence-corrected chi connectivity index (χ2v) is 7.79. The predicted octanol–water partition coefficient (Wildman–Crippen LogP) is 3.27. The molecule has 1 saturated carbocycles. The maximum atomic E-state index is 12.6. The first-order chi connectivity index (χ1) is 9.61. The van der Waals surface area contributed by atoms with Gasteiger partial charge in [-0.2, -0.15) is 5.10 Å². The van der Waals surface area contributed by atoms with Crippen LogP contribution in [-0.4, -0.2) is 21.7 Å². The molecular formula is C17H29N3O. The number of amides is 1. The Morgan fingerprint density at radius 3 is 2.57 bits per heavy atom. The van der Waals surface area contributed by atoms with Gasteiger partial charge in [0.15, 0.2) is 0 Å². The fourth-order valence-electron chi connectivity index (χ4n) is 3.40. The van der Waals surface area contributed by atoms with Gasteiger partial charge in [-0.05, 0) is 24.2 Å². The van der Waals surface area contributed by atoms with Crippen molar-refractivity contribution in [3.8, 4) is 0 Å². The number of carbonyl (C=O) groups excluding carboxylic acids is 1. The third-order valence-electron chi connectivity index (χ3n) is 5.02. The van der Waals surface area contributed by atoms with Crippen LogP contribution in [0.4, 0.5) is 0 Å². The van der Waals surface area contributed by atoms with Crippen LogP contribution in [0.2, 0.25) is 0 Å². The normalized spacial score (nSPS) is 25.2. The number of aryl methyl sites for hydroxylation is 1. The van der Waals surface area contributed by atoms with Crippen LogP contribution in [0.3, 0.4) is 0 Å². The van der Waals surface area contributed by atoms with E-state index in [0.717, 1.165) is 18.5 Å². The highest BCUT2D eigenvalue weighted by Crippen LogP contribution is 2.54. The topological polar surface area (TPSA) is 46.9 Å². The first-order valence-corrected chi connectivity index (χ1v) is 7.97. The Labute approximate surface area is 128 Å². The summed E-state index contributed by atoms with van der Waals surface area (Å²) < 4.78 is 1.73. The van der Waals surface area contributed by atoms with Crippen LogP contribution >= 0.6 is 0 Å². The highest BCUT2D eigenvalue weighted by Gasteiger charge is 2.55. The standard InChI is InChI=1S/C17H29N3O/c1-8-17(11(2)3)9-13(17)18-15(21)12-10-20(7)19-14(12)16(4,5)6/h10-11,13H,8-9H2,1-7H3,(H,18,21). The Bertz CT molecular complexity index is 539. The molecule has 0 spiro atoms. The van der Waals surface area contributed by atoms with Crippen molar-refractivity contribution >= 4 is 5.91 Å². The average Bonchev–Trinajstić information content (AvgIpc) is 2.92. The Kier molecular flexibility index (Phi) is 3.94. The molecule has 0 radical (unpaired) electrons. The molecule has 1 aliphatic carbocycles. The van der Waals surface area contributed by atoms with Gasteiger partial charge < -0.3 is 5.32 Å². The Hall–Kier alpha value is -1.32. The van der Waals surface area contributed by atoms with E-state index >= 15 is 0 Å². The molecule has 0 aliphatic heterocycles. The van der Waals surface area contributed by atoms with E-state index < -0.39 is 0 Å². The fourth-order valence-corrected chi connectivity index (χ4v) is 3.40. The summed E-state index contributed by atoms with van der Waals surface area (Å²) >= 11 is 0. The average molecular weight is 291 g/mol. The van der Waals surface area contributed by atoms with Crippen molar-refractivity contribution in [3.63, 3.8) is 0 Å². The molecule has 1 aromatic heterocycles. The minimum atomic E-state index is -0.128. The molecule has 0 saturated heterocycles. The van der Waals surface area contributed by atoms with Crippen LogP contribution in [0.25, 0.3) is 0 Å². The Balaban J connectivity index is 2.16. The van der Waals surface area contributed by atoms with E-state index in [1.54, 1.807) is 4.68 Å². The third-order valence-corrected chi connectivity index (χ3v) is 5.02. The summed E-state index contributed by atoms with van der Waals surface area (Å²) in [4.78, 5) is 12.6. The van der Waals surface area contributed by atoms with Crippen LogP contribution in [0, 0.1) is 11.3 Å². The lowest BCUT2D eigenvalue weighted by atomic mass is 9.88. The maximum absolute atomic E-state index is 12.6. The summed E-state index contributed by atoms with van der Waals surface area (Å²) in [6.45, 7) is 13.0. The summed E-state index contributed by atoms with van der Waals surface area (Å²) in [5.74, 6) is 0.623. The van der Waals surface area contributed by atoms with Gasteiger partial charge in [-0.15, -0.1) is 0 Å². The fraction of sp³-hybridized carbons (Fsp3) is 0.765. The number of hydrogen-bond acceptors (Lipinski definition) is 2. The lowest BCUT2D eigenvalue weighted by Crippen LogP contribution is -2.32. The van der Waals surface area contributed by atoms with Gasteiger partial charge in [0.05, 0.1) is 11.3 Å². The Morgan fingerprint density at radius 1 is 1.52 bits per heavy atom. The molecule has 1 aliphatic rings. The molecule has 1 amide bonds. The molecule has 1 fully saturated rings. The van der Waals surface area contributed by atoms with E-state index in [2.05, 4.69) is 52.0 Å². The van der Waals surface area contributed by atoms with E-state index in [-0.39, 0.29) is 11.3 Å². The molecular weight excluding hydrogens is 262 g/mol. The second-order valence-electron chi connectivity index (χ2n) is 7.79. The first kappa shape index (κ1) is 16.1. The van der Waals surface area contributed by atoms with E-state index in [4.69, 9.17) is 0 Å². The van der Waals surface area contributed by atoms with Crippen molar-refractivity contribution < 1.29 is 4.79 Å². The second kappa shape index (κ2) is 5.15. The van der Waals surface area contributed by atoms with Gasteiger partial charge in [0.1, 0.15) is 0 Å². The zero-order valence-electron chi connectivity index (χ0n) is 14.4. The highest BCUT2D eigenvalue weighted by atomic mass is 16.1. The van der Waals surface area contributed by atoms with Gasteiger partial charge >= 0.3 is 0 Å². The number of rotatable bonds is 4. The van der Waals surface area contributed by atoms with E-state index in [0.29, 0.717) is 22.9 Å². The molecule has 0 aromatic carbocycles. The van der Waals surface area contributed by atoms with Crippen LogP contribution in [0.1, 0.15) is 70.4 Å².